The number of rotatable bonds is 8. The van der Waals surface area contributed by atoms with Crippen LogP contribution in [-0.4, -0.2) is 39.2 Å². The van der Waals surface area contributed by atoms with Gasteiger partial charge >= 0.3 is 5.69 Å². The van der Waals surface area contributed by atoms with Gasteiger partial charge in [-0.25, -0.2) is 4.98 Å². The van der Waals surface area contributed by atoms with E-state index in [1.807, 2.05) is 13.8 Å². The number of nitrogens with one attached hydrogen (secondary N) is 2. The predicted octanol–water partition coefficient (Wildman–Crippen LogP) is 1.70. The molecule has 0 aromatic carbocycles. The summed E-state index contributed by atoms with van der Waals surface area (Å²) in [4.78, 5) is 18.9. The molecule has 8 nitrogen and oxygen atoms in total. The summed E-state index contributed by atoms with van der Waals surface area (Å²) in [5.41, 5.74) is 0.180. The predicted molar refractivity (Wildman–Crippen MR) is 77.0 cm³/mol. The number of aliphatic hydroxyl groups is 1. The Morgan fingerprint density at radius 2 is 2.15 bits per heavy atom. The summed E-state index contributed by atoms with van der Waals surface area (Å²) in [5.74, 6) is 0.552. The van der Waals surface area contributed by atoms with Crippen LogP contribution in [0.4, 0.5) is 17.5 Å². The highest BCUT2D eigenvalue weighted by Gasteiger charge is 2.23. The lowest BCUT2D eigenvalue weighted by Gasteiger charge is -2.15. The quantitative estimate of drug-likeness (QED) is 0.491. The molecule has 8 heteroatoms. The van der Waals surface area contributed by atoms with Crippen molar-refractivity contribution in [3.63, 3.8) is 0 Å². The third-order valence-electron chi connectivity index (χ3n) is 2.72. The van der Waals surface area contributed by atoms with Gasteiger partial charge in [-0.15, -0.1) is 0 Å². The maximum atomic E-state index is 11.1. The second-order valence-corrected chi connectivity index (χ2v) is 4.57. The Kier molecular flexibility index (Phi) is 6.10. The van der Waals surface area contributed by atoms with E-state index in [0.29, 0.717) is 24.6 Å². The van der Waals surface area contributed by atoms with Crippen LogP contribution in [0.5, 0.6) is 0 Å². The monoisotopic (exact) mass is 283 g/mol. The van der Waals surface area contributed by atoms with E-state index < -0.39 is 4.92 Å². The second kappa shape index (κ2) is 7.59. The summed E-state index contributed by atoms with van der Waals surface area (Å²) in [6.07, 6.45) is 1.39. The van der Waals surface area contributed by atoms with Gasteiger partial charge in [-0.2, -0.15) is 4.98 Å². The molecule has 0 aliphatic heterocycles. The van der Waals surface area contributed by atoms with E-state index in [1.165, 1.54) is 0 Å². The molecule has 1 rings (SSSR count). The highest BCUT2D eigenvalue weighted by Crippen LogP contribution is 2.27. The van der Waals surface area contributed by atoms with Gasteiger partial charge in [0, 0.05) is 19.2 Å². The van der Waals surface area contributed by atoms with Crippen LogP contribution in [0, 0.1) is 17.0 Å². The SMILES string of the molecule is CCCNc1nc(C)c([N+](=O)[O-])c(NC(C)CCO)n1. The van der Waals surface area contributed by atoms with Crippen LogP contribution in [0.25, 0.3) is 0 Å². The van der Waals surface area contributed by atoms with E-state index in [4.69, 9.17) is 5.11 Å². The first-order valence-corrected chi connectivity index (χ1v) is 6.63. The number of aromatic nitrogens is 2. The first kappa shape index (κ1) is 16.1. The molecule has 3 N–H and O–H groups in total. The Labute approximate surface area is 117 Å². The fourth-order valence-corrected chi connectivity index (χ4v) is 1.70. The molecule has 0 radical (unpaired) electrons. The van der Waals surface area contributed by atoms with E-state index in [9.17, 15) is 10.1 Å². The lowest BCUT2D eigenvalue weighted by molar-refractivity contribution is -0.385. The summed E-state index contributed by atoms with van der Waals surface area (Å²) in [7, 11) is 0. The van der Waals surface area contributed by atoms with Crippen LogP contribution in [0.15, 0.2) is 0 Å². The van der Waals surface area contributed by atoms with Gasteiger partial charge in [0.05, 0.1) is 4.92 Å². The Balaban J connectivity index is 3.08. The van der Waals surface area contributed by atoms with E-state index in [-0.39, 0.29) is 24.2 Å². The third kappa shape index (κ3) is 4.30. The summed E-state index contributed by atoms with van der Waals surface area (Å²) < 4.78 is 0. The fourth-order valence-electron chi connectivity index (χ4n) is 1.70. The minimum atomic E-state index is -0.493. The normalized spacial score (nSPS) is 12.0. The zero-order chi connectivity index (χ0) is 15.1. The number of aliphatic hydroxyl groups excluding tert-OH is 1. The van der Waals surface area contributed by atoms with E-state index in [1.54, 1.807) is 6.92 Å². The number of anilines is 2. The first-order chi connectivity index (χ1) is 9.49. The van der Waals surface area contributed by atoms with Gasteiger partial charge in [0.15, 0.2) is 0 Å². The van der Waals surface area contributed by atoms with Crippen molar-refractivity contribution >= 4 is 17.5 Å². The van der Waals surface area contributed by atoms with Crippen LogP contribution in [0.3, 0.4) is 0 Å². The molecule has 0 bridgehead atoms. The van der Waals surface area contributed by atoms with Crippen molar-refractivity contribution in [1.29, 1.82) is 0 Å². The van der Waals surface area contributed by atoms with Gasteiger partial charge in [-0.3, -0.25) is 10.1 Å². The number of hydrogen-bond acceptors (Lipinski definition) is 7. The minimum absolute atomic E-state index is 0.00692. The molecular weight excluding hydrogens is 262 g/mol. The van der Waals surface area contributed by atoms with Crippen LogP contribution >= 0.6 is 0 Å². The Bertz CT molecular complexity index is 467. The van der Waals surface area contributed by atoms with Crippen molar-refractivity contribution in [3.8, 4) is 0 Å². The van der Waals surface area contributed by atoms with Gasteiger partial charge in [-0.05, 0) is 26.7 Å². The van der Waals surface area contributed by atoms with Crippen LogP contribution in [0.1, 0.15) is 32.4 Å². The molecule has 0 fully saturated rings. The lowest BCUT2D eigenvalue weighted by atomic mass is 10.2. The van der Waals surface area contributed by atoms with Crippen LogP contribution in [0.2, 0.25) is 0 Å². The lowest BCUT2D eigenvalue weighted by Crippen LogP contribution is -2.20. The molecule has 1 heterocycles. The van der Waals surface area contributed by atoms with Crippen molar-refractivity contribution in [2.45, 2.75) is 39.7 Å². The average molecular weight is 283 g/mol. The first-order valence-electron chi connectivity index (χ1n) is 6.63. The molecule has 1 unspecified atom stereocenters. The van der Waals surface area contributed by atoms with Gasteiger partial charge in [0.2, 0.25) is 11.8 Å². The number of nitro groups is 1. The fraction of sp³-hybridized carbons (Fsp3) is 0.667. The second-order valence-electron chi connectivity index (χ2n) is 4.57. The molecule has 0 saturated carbocycles. The zero-order valence-electron chi connectivity index (χ0n) is 12.0. The minimum Gasteiger partial charge on any atom is -0.396 e. The number of nitrogens with zero attached hydrogens (tertiary/aromatic N) is 3. The van der Waals surface area contributed by atoms with Crippen molar-refractivity contribution in [2.75, 3.05) is 23.8 Å². The van der Waals surface area contributed by atoms with Gasteiger partial charge < -0.3 is 15.7 Å². The maximum Gasteiger partial charge on any atom is 0.332 e. The highest BCUT2D eigenvalue weighted by atomic mass is 16.6. The van der Waals surface area contributed by atoms with Gasteiger partial charge in [0.1, 0.15) is 5.69 Å². The molecule has 0 aliphatic carbocycles. The Morgan fingerprint density at radius 3 is 2.70 bits per heavy atom. The van der Waals surface area contributed by atoms with Crippen LogP contribution in [-0.2, 0) is 0 Å². The molecule has 0 amide bonds. The summed E-state index contributed by atoms with van der Waals surface area (Å²) in [5, 5.41) is 26.0. The molecular formula is C12H21N5O3. The Morgan fingerprint density at radius 1 is 1.45 bits per heavy atom. The number of aryl methyl sites for hydroxylation is 1. The van der Waals surface area contributed by atoms with Crippen molar-refractivity contribution in [2.24, 2.45) is 0 Å². The van der Waals surface area contributed by atoms with Gasteiger partial charge in [0.25, 0.3) is 0 Å². The Hall–Kier alpha value is -1.96. The molecule has 1 aromatic rings. The van der Waals surface area contributed by atoms with Crippen LogP contribution < -0.4 is 10.6 Å². The smallest absolute Gasteiger partial charge is 0.332 e. The summed E-state index contributed by atoms with van der Waals surface area (Å²) >= 11 is 0. The van der Waals surface area contributed by atoms with E-state index in [2.05, 4.69) is 20.6 Å². The maximum absolute atomic E-state index is 11.1. The molecule has 20 heavy (non-hydrogen) atoms. The van der Waals surface area contributed by atoms with Crippen molar-refractivity contribution < 1.29 is 10.0 Å². The van der Waals surface area contributed by atoms with Crippen molar-refractivity contribution in [1.82, 2.24) is 9.97 Å². The van der Waals surface area contributed by atoms with E-state index in [0.717, 1.165) is 6.42 Å². The zero-order valence-corrected chi connectivity index (χ0v) is 12.0. The summed E-state index contributed by atoms with van der Waals surface area (Å²) in [6, 6.07) is -0.118. The molecule has 0 saturated heterocycles. The largest absolute Gasteiger partial charge is 0.396 e. The van der Waals surface area contributed by atoms with Crippen molar-refractivity contribution in [3.05, 3.63) is 15.8 Å². The average Bonchev–Trinajstić information content (AvgIpc) is 2.35. The summed E-state index contributed by atoms with van der Waals surface area (Å²) in [6.45, 7) is 6.12. The third-order valence-corrected chi connectivity index (χ3v) is 2.72. The standard InChI is InChI=1S/C12H21N5O3/c1-4-6-13-12-15-9(3)10(17(19)20)11(16-12)14-8(2)5-7-18/h8,18H,4-7H2,1-3H3,(H2,13,14,15,16). The molecule has 0 spiro atoms. The molecule has 112 valence electrons. The van der Waals surface area contributed by atoms with E-state index >= 15 is 0 Å². The molecule has 1 atom stereocenters. The van der Waals surface area contributed by atoms with Gasteiger partial charge in [-0.1, -0.05) is 6.92 Å². The molecule has 0 aliphatic rings. The number of hydrogen-bond donors (Lipinski definition) is 3. The topological polar surface area (TPSA) is 113 Å². The molecule has 1 aromatic heterocycles. The highest BCUT2D eigenvalue weighted by molar-refractivity contribution is 5.61.